The van der Waals surface area contributed by atoms with Crippen molar-refractivity contribution in [2.24, 2.45) is 5.92 Å². The van der Waals surface area contributed by atoms with E-state index in [9.17, 15) is 5.11 Å². The second-order valence-corrected chi connectivity index (χ2v) is 8.08. The van der Waals surface area contributed by atoms with Gasteiger partial charge in [-0.1, -0.05) is 51.7 Å². The number of hydrogen-bond donors (Lipinski definition) is 1. The number of aliphatic hydroxyl groups excluding tert-OH is 1. The molecule has 1 aliphatic heterocycles. The number of para-hydroxylation sites is 2. The van der Waals surface area contributed by atoms with E-state index < -0.39 is 17.8 Å². The van der Waals surface area contributed by atoms with Gasteiger partial charge in [-0.15, -0.1) is 0 Å². The molecular weight excluding hydrogens is 348 g/mol. The van der Waals surface area contributed by atoms with E-state index in [1.807, 2.05) is 32.0 Å². The van der Waals surface area contributed by atoms with Gasteiger partial charge in [-0.2, -0.15) is 8.78 Å². The van der Waals surface area contributed by atoms with Crippen LogP contribution in [0.2, 0.25) is 0 Å². The molecule has 27 heavy (non-hydrogen) atoms. The van der Waals surface area contributed by atoms with Crippen molar-refractivity contribution in [2.75, 3.05) is 11.4 Å². The van der Waals surface area contributed by atoms with Gasteiger partial charge in [0.15, 0.2) is 0 Å². The highest BCUT2D eigenvalue weighted by Crippen LogP contribution is 2.53. The van der Waals surface area contributed by atoms with E-state index in [1.54, 1.807) is 11.0 Å². The average molecular weight is 382 g/mol. The van der Waals surface area contributed by atoms with Crippen molar-refractivity contribution in [1.82, 2.24) is 0 Å². The van der Waals surface area contributed by atoms with Crippen LogP contribution < -0.4 is 9.64 Å². The number of halogens is 2. The van der Waals surface area contributed by atoms with Gasteiger partial charge in [-0.05, 0) is 43.7 Å². The van der Waals surface area contributed by atoms with E-state index in [2.05, 4.69) is 0 Å². The SMILES string of the molecule is CCCC[C@@]1(C(F)(F)[C@@H](O)C2CCCCC2)Oc2ccccc2N1CCC. The minimum absolute atomic E-state index is 0.203. The van der Waals surface area contributed by atoms with Gasteiger partial charge < -0.3 is 14.7 Å². The van der Waals surface area contributed by atoms with Crippen molar-refractivity contribution in [3.8, 4) is 5.75 Å². The first kappa shape index (κ1) is 20.4. The molecule has 1 saturated carbocycles. The van der Waals surface area contributed by atoms with Gasteiger partial charge in [0, 0.05) is 13.0 Å². The summed E-state index contributed by atoms with van der Waals surface area (Å²) in [5, 5.41) is 10.8. The lowest BCUT2D eigenvalue weighted by Crippen LogP contribution is -2.67. The number of ether oxygens (including phenoxy) is 1. The van der Waals surface area contributed by atoms with Gasteiger partial charge in [-0.25, -0.2) is 0 Å². The first-order valence-corrected chi connectivity index (χ1v) is 10.6. The number of anilines is 1. The highest BCUT2D eigenvalue weighted by molar-refractivity contribution is 5.64. The van der Waals surface area contributed by atoms with Crippen molar-refractivity contribution in [1.29, 1.82) is 0 Å². The van der Waals surface area contributed by atoms with Crippen molar-refractivity contribution >= 4 is 5.69 Å². The highest BCUT2D eigenvalue weighted by atomic mass is 19.3. The van der Waals surface area contributed by atoms with Crippen LogP contribution in [-0.2, 0) is 0 Å². The van der Waals surface area contributed by atoms with Crippen LogP contribution >= 0.6 is 0 Å². The largest absolute Gasteiger partial charge is 0.459 e. The van der Waals surface area contributed by atoms with Crippen LogP contribution in [0, 0.1) is 5.92 Å². The Kier molecular flexibility index (Phi) is 6.29. The van der Waals surface area contributed by atoms with E-state index in [0.29, 0.717) is 37.2 Å². The van der Waals surface area contributed by atoms with Gasteiger partial charge in [0.25, 0.3) is 0 Å². The van der Waals surface area contributed by atoms with Crippen molar-refractivity contribution in [3.63, 3.8) is 0 Å². The molecule has 1 fully saturated rings. The number of unbranched alkanes of at least 4 members (excludes halogenated alkanes) is 1. The zero-order valence-corrected chi connectivity index (χ0v) is 16.6. The summed E-state index contributed by atoms with van der Waals surface area (Å²) in [5.74, 6) is -3.21. The standard InChI is InChI=1S/C22H33F2NO2/c1-3-5-15-21(22(23,24)20(26)17-11-7-6-8-12-17)25(16-4-2)18-13-9-10-14-19(18)27-21/h9-10,13-14,17,20,26H,3-8,11-12,15-16H2,1-2H3/t20-,21-/m0/s1. The summed E-state index contributed by atoms with van der Waals surface area (Å²) in [7, 11) is 0. The number of fused-ring (bicyclic) bond motifs is 1. The summed E-state index contributed by atoms with van der Waals surface area (Å²) >= 11 is 0. The number of hydrogen-bond acceptors (Lipinski definition) is 3. The molecule has 0 unspecified atom stereocenters. The first-order valence-electron chi connectivity index (χ1n) is 10.6. The summed E-state index contributed by atoms with van der Waals surface area (Å²) in [4.78, 5) is 1.73. The smallest absolute Gasteiger partial charge is 0.331 e. The molecule has 5 heteroatoms. The maximum Gasteiger partial charge on any atom is 0.331 e. The molecule has 1 N–H and O–H groups in total. The van der Waals surface area contributed by atoms with Crippen LogP contribution in [0.3, 0.4) is 0 Å². The molecule has 0 spiro atoms. The number of nitrogens with zero attached hydrogens (tertiary/aromatic N) is 1. The average Bonchev–Trinajstić information content (AvgIpc) is 3.02. The normalized spacial score (nSPS) is 24.6. The molecule has 0 aromatic heterocycles. The molecule has 3 rings (SSSR count). The zero-order valence-electron chi connectivity index (χ0n) is 16.6. The predicted octanol–water partition coefficient (Wildman–Crippen LogP) is 5.76. The Morgan fingerprint density at radius 2 is 1.89 bits per heavy atom. The fraction of sp³-hybridized carbons (Fsp3) is 0.727. The third-order valence-electron chi connectivity index (χ3n) is 6.18. The molecule has 2 atom stereocenters. The lowest BCUT2D eigenvalue weighted by Gasteiger charge is -2.47. The Bertz CT molecular complexity index is 618. The molecule has 3 nitrogen and oxygen atoms in total. The maximum atomic E-state index is 16.0. The van der Waals surface area contributed by atoms with Gasteiger partial charge in [0.1, 0.15) is 11.9 Å². The van der Waals surface area contributed by atoms with E-state index in [4.69, 9.17) is 4.74 Å². The Morgan fingerprint density at radius 3 is 2.56 bits per heavy atom. The van der Waals surface area contributed by atoms with Gasteiger partial charge in [0.2, 0.25) is 5.72 Å². The molecule has 0 radical (unpaired) electrons. The predicted molar refractivity (Wildman–Crippen MR) is 104 cm³/mol. The van der Waals surface area contributed by atoms with Gasteiger partial charge in [0.05, 0.1) is 5.69 Å². The van der Waals surface area contributed by atoms with Crippen LogP contribution in [0.5, 0.6) is 5.75 Å². The van der Waals surface area contributed by atoms with Crippen LogP contribution in [0.4, 0.5) is 14.5 Å². The summed E-state index contributed by atoms with van der Waals surface area (Å²) < 4.78 is 38.1. The van der Waals surface area contributed by atoms with E-state index >= 15 is 8.78 Å². The fourth-order valence-electron chi connectivity index (χ4n) is 4.72. The zero-order chi connectivity index (χ0) is 19.5. The molecule has 1 aliphatic carbocycles. The third-order valence-corrected chi connectivity index (χ3v) is 6.18. The monoisotopic (exact) mass is 381 g/mol. The second-order valence-electron chi connectivity index (χ2n) is 8.08. The van der Waals surface area contributed by atoms with Crippen molar-refractivity contribution in [3.05, 3.63) is 24.3 Å². The Labute approximate surface area is 161 Å². The third kappa shape index (κ3) is 3.55. The van der Waals surface area contributed by atoms with Crippen molar-refractivity contribution < 1.29 is 18.6 Å². The van der Waals surface area contributed by atoms with E-state index in [-0.39, 0.29) is 12.3 Å². The minimum Gasteiger partial charge on any atom is -0.459 e. The fourth-order valence-corrected chi connectivity index (χ4v) is 4.72. The molecule has 0 amide bonds. The van der Waals surface area contributed by atoms with E-state index in [1.165, 1.54) is 0 Å². The second kappa shape index (κ2) is 8.34. The topological polar surface area (TPSA) is 32.7 Å². The van der Waals surface area contributed by atoms with Crippen molar-refractivity contribution in [2.45, 2.75) is 89.4 Å². The lowest BCUT2D eigenvalue weighted by molar-refractivity contribution is -0.231. The summed E-state index contributed by atoms with van der Waals surface area (Å²) in [6.07, 6.45) is 4.93. The summed E-state index contributed by atoms with van der Waals surface area (Å²) in [6, 6.07) is 7.28. The van der Waals surface area contributed by atoms with Crippen LogP contribution in [-0.4, -0.2) is 29.4 Å². The number of rotatable bonds is 8. The molecule has 0 bridgehead atoms. The van der Waals surface area contributed by atoms with Gasteiger partial charge >= 0.3 is 5.92 Å². The Balaban J connectivity index is 2.00. The Morgan fingerprint density at radius 1 is 1.19 bits per heavy atom. The molecule has 0 saturated heterocycles. The van der Waals surface area contributed by atoms with E-state index in [0.717, 1.165) is 32.1 Å². The summed E-state index contributed by atoms with van der Waals surface area (Å²) in [5.41, 5.74) is -1.09. The quantitative estimate of drug-likeness (QED) is 0.621. The number of alkyl halides is 2. The molecule has 1 heterocycles. The van der Waals surface area contributed by atoms with Crippen LogP contribution in [0.25, 0.3) is 0 Å². The molecule has 1 aromatic carbocycles. The number of aliphatic hydroxyl groups is 1. The lowest BCUT2D eigenvalue weighted by atomic mass is 9.79. The minimum atomic E-state index is -3.35. The molecule has 2 aliphatic rings. The molecule has 1 aromatic rings. The van der Waals surface area contributed by atoms with Crippen LogP contribution in [0.1, 0.15) is 71.6 Å². The maximum absolute atomic E-state index is 16.0. The molecular formula is C22H33F2NO2. The molecule has 152 valence electrons. The van der Waals surface area contributed by atoms with Gasteiger partial charge in [-0.3, -0.25) is 0 Å². The summed E-state index contributed by atoms with van der Waals surface area (Å²) in [6.45, 7) is 4.46. The Hall–Kier alpha value is -1.36. The highest BCUT2D eigenvalue weighted by Gasteiger charge is 2.66. The number of benzene rings is 1. The van der Waals surface area contributed by atoms with Crippen LogP contribution in [0.15, 0.2) is 24.3 Å². The first-order chi connectivity index (χ1) is 13.0.